The van der Waals surface area contributed by atoms with Crippen molar-refractivity contribution in [2.45, 2.75) is 6.18 Å². The van der Waals surface area contributed by atoms with Crippen LogP contribution in [0.4, 0.5) is 18.9 Å². The van der Waals surface area contributed by atoms with Crippen LogP contribution in [0.1, 0.15) is 15.9 Å². The van der Waals surface area contributed by atoms with Gasteiger partial charge in [-0.2, -0.15) is 13.2 Å². The van der Waals surface area contributed by atoms with Crippen LogP contribution >= 0.6 is 23.2 Å². The van der Waals surface area contributed by atoms with Gasteiger partial charge in [-0.15, -0.1) is 0 Å². The zero-order valence-electron chi connectivity index (χ0n) is 9.59. The summed E-state index contributed by atoms with van der Waals surface area (Å²) in [6.07, 6.45) is -3.50. The summed E-state index contributed by atoms with van der Waals surface area (Å²) >= 11 is 11.3. The number of halogens is 5. The average molecular weight is 324 g/mol. The van der Waals surface area contributed by atoms with Crippen molar-refractivity contribution in [1.82, 2.24) is 0 Å². The summed E-state index contributed by atoms with van der Waals surface area (Å²) in [6.45, 7) is 0. The molecule has 0 spiro atoms. The molecule has 20 heavy (non-hydrogen) atoms. The van der Waals surface area contributed by atoms with Gasteiger partial charge in [0.1, 0.15) is 0 Å². The van der Waals surface area contributed by atoms with E-state index in [1.807, 2.05) is 0 Å². The minimum atomic E-state index is -4.65. The molecule has 1 heterocycles. The SMILES string of the molecule is O=C(Nc1c(Cl)cccc1C(F)(F)F)c1ccoc1Cl. The Morgan fingerprint density at radius 2 is 1.90 bits per heavy atom. The van der Waals surface area contributed by atoms with Crippen LogP contribution in [-0.4, -0.2) is 5.91 Å². The molecule has 0 aliphatic carbocycles. The highest BCUT2D eigenvalue weighted by molar-refractivity contribution is 6.35. The lowest BCUT2D eigenvalue weighted by atomic mass is 10.1. The van der Waals surface area contributed by atoms with Crippen LogP contribution in [0.3, 0.4) is 0 Å². The third kappa shape index (κ3) is 2.91. The molecule has 0 unspecified atom stereocenters. The summed E-state index contributed by atoms with van der Waals surface area (Å²) in [5.41, 5.74) is -1.65. The quantitative estimate of drug-likeness (QED) is 0.857. The highest BCUT2D eigenvalue weighted by Crippen LogP contribution is 2.38. The van der Waals surface area contributed by atoms with Crippen LogP contribution in [0.15, 0.2) is 34.9 Å². The van der Waals surface area contributed by atoms with Crippen LogP contribution in [0.25, 0.3) is 0 Å². The van der Waals surface area contributed by atoms with Gasteiger partial charge in [0, 0.05) is 0 Å². The Balaban J connectivity index is 2.39. The van der Waals surface area contributed by atoms with Crippen LogP contribution < -0.4 is 5.32 Å². The van der Waals surface area contributed by atoms with Crippen molar-refractivity contribution in [2.24, 2.45) is 0 Å². The second kappa shape index (κ2) is 5.38. The number of alkyl halides is 3. The molecule has 0 fully saturated rings. The van der Waals surface area contributed by atoms with Gasteiger partial charge in [-0.05, 0) is 29.8 Å². The first kappa shape index (κ1) is 14.7. The summed E-state index contributed by atoms with van der Waals surface area (Å²) in [6, 6.07) is 4.44. The fourth-order valence-corrected chi connectivity index (χ4v) is 1.95. The molecule has 0 aliphatic rings. The number of para-hydroxylation sites is 1. The van der Waals surface area contributed by atoms with Gasteiger partial charge in [-0.1, -0.05) is 17.7 Å². The Bertz CT molecular complexity index is 652. The van der Waals surface area contributed by atoms with Crippen LogP contribution in [0.5, 0.6) is 0 Å². The predicted molar refractivity (Wildman–Crippen MR) is 68.1 cm³/mol. The minimum absolute atomic E-state index is 0.0836. The smallest absolute Gasteiger partial charge is 0.418 e. The Hall–Kier alpha value is -1.66. The van der Waals surface area contributed by atoms with Crippen LogP contribution in [0, 0.1) is 0 Å². The van der Waals surface area contributed by atoms with Crippen molar-refractivity contribution in [2.75, 3.05) is 5.32 Å². The number of nitrogens with one attached hydrogen (secondary N) is 1. The first-order valence-corrected chi connectivity index (χ1v) is 5.96. The number of furan rings is 1. The van der Waals surface area contributed by atoms with Crippen molar-refractivity contribution in [3.8, 4) is 0 Å². The number of benzene rings is 1. The van der Waals surface area contributed by atoms with E-state index in [1.54, 1.807) is 0 Å². The van der Waals surface area contributed by atoms with Crippen molar-refractivity contribution >= 4 is 34.8 Å². The molecule has 106 valence electrons. The van der Waals surface area contributed by atoms with Gasteiger partial charge in [-0.25, -0.2) is 0 Å². The Morgan fingerprint density at radius 1 is 1.20 bits per heavy atom. The summed E-state index contributed by atoms with van der Waals surface area (Å²) in [7, 11) is 0. The second-order valence-electron chi connectivity index (χ2n) is 3.72. The number of rotatable bonds is 2. The van der Waals surface area contributed by atoms with Gasteiger partial charge >= 0.3 is 6.18 Å². The fourth-order valence-electron chi connectivity index (χ4n) is 1.52. The first-order chi connectivity index (χ1) is 9.30. The molecule has 0 bridgehead atoms. The fraction of sp³-hybridized carbons (Fsp3) is 0.0833. The van der Waals surface area contributed by atoms with Gasteiger partial charge in [0.05, 0.1) is 28.1 Å². The number of hydrogen-bond donors (Lipinski definition) is 1. The molecule has 0 atom stereocenters. The van der Waals surface area contributed by atoms with E-state index in [1.165, 1.54) is 12.1 Å². The van der Waals surface area contributed by atoms with E-state index in [4.69, 9.17) is 27.6 Å². The maximum absolute atomic E-state index is 12.8. The number of amides is 1. The molecule has 2 aromatic rings. The van der Waals surface area contributed by atoms with Crippen molar-refractivity contribution in [3.05, 3.63) is 51.9 Å². The zero-order valence-corrected chi connectivity index (χ0v) is 11.1. The maximum Gasteiger partial charge on any atom is 0.418 e. The molecule has 0 saturated carbocycles. The summed E-state index contributed by atoms with van der Waals surface area (Å²) in [5, 5.41) is 1.65. The Kier molecular flexibility index (Phi) is 3.96. The van der Waals surface area contributed by atoms with Crippen molar-refractivity contribution < 1.29 is 22.4 Å². The predicted octanol–water partition coefficient (Wildman–Crippen LogP) is 4.86. The Labute approximate surface area is 121 Å². The lowest BCUT2D eigenvalue weighted by Crippen LogP contribution is -2.16. The number of hydrogen-bond acceptors (Lipinski definition) is 2. The molecule has 0 aliphatic heterocycles. The number of carbonyl (C=O) groups is 1. The molecule has 0 radical (unpaired) electrons. The molecule has 1 N–H and O–H groups in total. The monoisotopic (exact) mass is 323 g/mol. The van der Waals surface area contributed by atoms with E-state index in [0.717, 1.165) is 18.4 Å². The number of carbonyl (C=O) groups excluding carboxylic acids is 1. The van der Waals surface area contributed by atoms with Crippen molar-refractivity contribution in [3.63, 3.8) is 0 Å². The number of anilines is 1. The molecule has 8 heteroatoms. The lowest BCUT2D eigenvalue weighted by molar-refractivity contribution is -0.136. The minimum Gasteiger partial charge on any atom is -0.452 e. The van der Waals surface area contributed by atoms with Crippen LogP contribution in [0.2, 0.25) is 10.2 Å². The van der Waals surface area contributed by atoms with E-state index in [-0.39, 0.29) is 15.8 Å². The molecule has 3 nitrogen and oxygen atoms in total. The summed E-state index contributed by atoms with van der Waals surface area (Å²) < 4.78 is 43.2. The highest BCUT2D eigenvalue weighted by Gasteiger charge is 2.35. The van der Waals surface area contributed by atoms with E-state index in [2.05, 4.69) is 5.32 Å². The normalized spacial score (nSPS) is 11.4. The largest absolute Gasteiger partial charge is 0.452 e. The standard InChI is InChI=1S/C12H6Cl2F3NO2/c13-8-3-1-2-7(12(15,16)17)9(8)18-11(19)6-4-5-20-10(6)14/h1-5H,(H,18,19). The van der Waals surface area contributed by atoms with Gasteiger partial charge in [0.25, 0.3) is 5.91 Å². The van der Waals surface area contributed by atoms with Crippen LogP contribution in [-0.2, 0) is 6.18 Å². The van der Waals surface area contributed by atoms with Gasteiger partial charge in [0.2, 0.25) is 5.22 Å². The van der Waals surface area contributed by atoms with E-state index in [9.17, 15) is 18.0 Å². The molecule has 1 aromatic heterocycles. The van der Waals surface area contributed by atoms with E-state index >= 15 is 0 Å². The molecule has 0 saturated heterocycles. The Morgan fingerprint density at radius 3 is 2.45 bits per heavy atom. The molecule has 2 rings (SSSR count). The topological polar surface area (TPSA) is 42.2 Å². The van der Waals surface area contributed by atoms with Gasteiger partial charge in [0.15, 0.2) is 0 Å². The second-order valence-corrected chi connectivity index (χ2v) is 4.47. The summed E-state index contributed by atoms with van der Waals surface area (Å²) in [4.78, 5) is 11.8. The highest BCUT2D eigenvalue weighted by atomic mass is 35.5. The maximum atomic E-state index is 12.8. The van der Waals surface area contributed by atoms with Crippen molar-refractivity contribution in [1.29, 1.82) is 0 Å². The lowest BCUT2D eigenvalue weighted by Gasteiger charge is -2.14. The van der Waals surface area contributed by atoms with E-state index < -0.39 is 23.3 Å². The molecule has 1 aromatic carbocycles. The molecule has 1 amide bonds. The van der Waals surface area contributed by atoms with E-state index in [0.29, 0.717) is 0 Å². The van der Waals surface area contributed by atoms with Gasteiger partial charge in [-0.3, -0.25) is 4.79 Å². The first-order valence-electron chi connectivity index (χ1n) is 5.20. The van der Waals surface area contributed by atoms with Gasteiger partial charge < -0.3 is 9.73 Å². The summed E-state index contributed by atoms with van der Waals surface area (Å²) in [5.74, 6) is -0.845. The average Bonchev–Trinajstić information content (AvgIpc) is 2.76. The zero-order chi connectivity index (χ0) is 14.9. The third-order valence-electron chi connectivity index (χ3n) is 2.42. The third-order valence-corrected chi connectivity index (χ3v) is 3.03. The molecular formula is C12H6Cl2F3NO2. The molecular weight excluding hydrogens is 318 g/mol.